The van der Waals surface area contributed by atoms with Crippen molar-refractivity contribution < 1.29 is 22.1 Å². The molecule has 0 saturated carbocycles. The monoisotopic (exact) mass is 494 g/mol. The molecule has 0 radical (unpaired) electrons. The molecule has 8 heteroatoms. The molecule has 0 spiro atoms. The van der Waals surface area contributed by atoms with Crippen LogP contribution in [0.1, 0.15) is 52.7 Å². The van der Waals surface area contributed by atoms with Gasteiger partial charge in [0, 0.05) is 29.2 Å². The SMILES string of the molecule is CC(C)(C)Cn1cc(C(CF)=N[S+]([O-])C(C)(C)C)c2ccc(-c3ccccc3C(F)(F)F)cc21. The predicted octanol–water partition coefficient (Wildman–Crippen LogP) is 7.59. The number of hydrogen-bond acceptors (Lipinski definition) is 2. The second kappa shape index (κ2) is 9.38. The van der Waals surface area contributed by atoms with Crippen molar-refractivity contribution in [1.29, 1.82) is 0 Å². The van der Waals surface area contributed by atoms with Gasteiger partial charge in [0.2, 0.25) is 0 Å². The van der Waals surface area contributed by atoms with E-state index in [0.717, 1.165) is 6.07 Å². The van der Waals surface area contributed by atoms with Gasteiger partial charge in [0.05, 0.1) is 5.56 Å². The van der Waals surface area contributed by atoms with Crippen LogP contribution in [0.15, 0.2) is 53.1 Å². The van der Waals surface area contributed by atoms with Gasteiger partial charge in [0.25, 0.3) is 0 Å². The molecule has 2 aromatic carbocycles. The van der Waals surface area contributed by atoms with Crippen LogP contribution in [-0.4, -0.2) is 26.3 Å². The summed E-state index contributed by atoms with van der Waals surface area (Å²) < 4.78 is 73.0. The van der Waals surface area contributed by atoms with E-state index >= 15 is 0 Å². The van der Waals surface area contributed by atoms with Gasteiger partial charge in [-0.3, -0.25) is 0 Å². The fourth-order valence-electron chi connectivity index (χ4n) is 3.70. The Labute approximate surface area is 201 Å². The van der Waals surface area contributed by atoms with Crippen molar-refractivity contribution in [3.8, 4) is 11.1 Å². The number of halogens is 4. The van der Waals surface area contributed by atoms with Gasteiger partial charge >= 0.3 is 6.18 Å². The fraction of sp³-hybridized carbons (Fsp3) is 0.423. The van der Waals surface area contributed by atoms with Crippen LogP contribution in [0.4, 0.5) is 17.6 Å². The molecule has 0 saturated heterocycles. The van der Waals surface area contributed by atoms with Gasteiger partial charge in [-0.25, -0.2) is 4.39 Å². The molecule has 3 aromatic rings. The van der Waals surface area contributed by atoms with E-state index < -0.39 is 34.5 Å². The minimum atomic E-state index is -4.49. The van der Waals surface area contributed by atoms with E-state index in [1.807, 2.05) is 25.3 Å². The first kappa shape index (κ1) is 26.3. The van der Waals surface area contributed by atoms with Crippen LogP contribution in [0, 0.1) is 5.41 Å². The molecule has 0 aliphatic heterocycles. The highest BCUT2D eigenvalue weighted by Gasteiger charge is 2.33. The van der Waals surface area contributed by atoms with E-state index in [9.17, 15) is 22.1 Å². The van der Waals surface area contributed by atoms with Crippen LogP contribution >= 0.6 is 0 Å². The number of nitrogens with zero attached hydrogens (tertiary/aromatic N) is 2. The van der Waals surface area contributed by atoms with Crippen molar-refractivity contribution in [2.24, 2.45) is 9.81 Å². The molecule has 0 fully saturated rings. The molecular formula is C26H30F4N2OS. The quantitative estimate of drug-likeness (QED) is 0.205. The Morgan fingerprint density at radius 1 is 1.00 bits per heavy atom. The van der Waals surface area contributed by atoms with Gasteiger partial charge in [-0.05, 0) is 49.4 Å². The van der Waals surface area contributed by atoms with Crippen LogP contribution < -0.4 is 0 Å². The molecular weight excluding hydrogens is 464 g/mol. The zero-order valence-electron chi connectivity index (χ0n) is 20.3. The smallest absolute Gasteiger partial charge is 0.417 e. The summed E-state index contributed by atoms with van der Waals surface area (Å²) in [5, 5.41) is 0.653. The van der Waals surface area contributed by atoms with Crippen LogP contribution in [0.5, 0.6) is 0 Å². The van der Waals surface area contributed by atoms with E-state index in [-0.39, 0.29) is 16.7 Å². The minimum absolute atomic E-state index is 0.0642. The van der Waals surface area contributed by atoms with E-state index in [2.05, 4.69) is 4.40 Å². The topological polar surface area (TPSA) is 40.3 Å². The Morgan fingerprint density at radius 3 is 2.21 bits per heavy atom. The number of fused-ring (bicyclic) bond motifs is 1. The standard InChI is InChI=1S/C26H30F4N2OS/c1-24(2,3)16-32-15-20(22(14-27)31-34(33)25(4,5)6)19-12-11-17(13-23(19)32)18-9-7-8-10-21(18)26(28,29)30/h7-13,15H,14,16H2,1-6H3. The van der Waals surface area contributed by atoms with E-state index in [4.69, 9.17) is 0 Å². The van der Waals surface area contributed by atoms with Crippen molar-refractivity contribution in [2.45, 2.75) is 59.0 Å². The summed E-state index contributed by atoms with van der Waals surface area (Å²) in [7, 11) is 0. The first-order valence-corrected chi connectivity index (χ1v) is 12.1. The number of aromatic nitrogens is 1. The summed E-state index contributed by atoms with van der Waals surface area (Å²) in [5.74, 6) is 0. The second-order valence-electron chi connectivity index (χ2n) is 10.5. The van der Waals surface area contributed by atoms with E-state index in [1.165, 1.54) is 12.1 Å². The fourth-order valence-corrected chi connectivity index (χ4v) is 4.32. The zero-order chi connectivity index (χ0) is 25.5. The highest BCUT2D eigenvalue weighted by atomic mass is 32.2. The van der Waals surface area contributed by atoms with E-state index in [0.29, 0.717) is 28.6 Å². The minimum Gasteiger partial charge on any atom is -0.591 e. The lowest BCUT2D eigenvalue weighted by Gasteiger charge is -2.20. The van der Waals surface area contributed by atoms with Gasteiger partial charge in [0.1, 0.15) is 28.5 Å². The first-order valence-electron chi connectivity index (χ1n) is 11.0. The van der Waals surface area contributed by atoms with Crippen LogP contribution in [0.3, 0.4) is 0 Å². The Bertz CT molecular complexity index is 1200. The van der Waals surface area contributed by atoms with Gasteiger partial charge in [-0.2, -0.15) is 13.2 Å². The molecule has 1 aromatic heterocycles. The van der Waals surface area contributed by atoms with Gasteiger partial charge in [-0.1, -0.05) is 55.5 Å². The molecule has 0 N–H and O–H groups in total. The molecule has 3 nitrogen and oxygen atoms in total. The van der Waals surface area contributed by atoms with Crippen LogP contribution in [0.2, 0.25) is 0 Å². The molecule has 184 valence electrons. The molecule has 34 heavy (non-hydrogen) atoms. The highest BCUT2D eigenvalue weighted by Crippen LogP contribution is 2.38. The maximum absolute atomic E-state index is 14.1. The average Bonchev–Trinajstić information content (AvgIpc) is 3.06. The molecule has 0 amide bonds. The maximum atomic E-state index is 14.1. The molecule has 1 heterocycles. The van der Waals surface area contributed by atoms with Crippen molar-refractivity contribution >= 4 is 28.0 Å². The molecule has 0 bridgehead atoms. The summed E-state index contributed by atoms with van der Waals surface area (Å²) in [5.41, 5.74) is 0.860. The Kier molecular flexibility index (Phi) is 7.25. The summed E-state index contributed by atoms with van der Waals surface area (Å²) in [4.78, 5) is 0. The third-order valence-corrected chi connectivity index (χ3v) is 6.66. The highest BCUT2D eigenvalue weighted by molar-refractivity contribution is 7.91. The molecule has 1 atom stereocenters. The number of alkyl halides is 4. The molecule has 0 aliphatic rings. The molecule has 1 unspecified atom stereocenters. The second-order valence-corrected chi connectivity index (χ2v) is 12.4. The Morgan fingerprint density at radius 2 is 1.65 bits per heavy atom. The number of benzene rings is 2. The lowest BCUT2D eigenvalue weighted by atomic mass is 9.96. The summed E-state index contributed by atoms with van der Waals surface area (Å²) in [6.45, 7) is 11.0. The van der Waals surface area contributed by atoms with Gasteiger partial charge in [0.15, 0.2) is 0 Å². The van der Waals surface area contributed by atoms with Crippen LogP contribution in [0.25, 0.3) is 22.0 Å². The zero-order valence-corrected chi connectivity index (χ0v) is 21.1. The van der Waals surface area contributed by atoms with E-state index in [1.54, 1.807) is 51.2 Å². The first-order chi connectivity index (χ1) is 15.6. The average molecular weight is 495 g/mol. The van der Waals surface area contributed by atoms with Gasteiger partial charge in [-0.15, -0.1) is 0 Å². The van der Waals surface area contributed by atoms with Crippen LogP contribution in [-0.2, 0) is 24.1 Å². The normalized spacial score (nSPS) is 14.6. The third-order valence-electron chi connectivity index (χ3n) is 5.22. The number of hydrogen-bond donors (Lipinski definition) is 0. The molecule has 3 rings (SSSR count). The Hall–Kier alpha value is -2.32. The van der Waals surface area contributed by atoms with Gasteiger partial charge < -0.3 is 9.12 Å². The van der Waals surface area contributed by atoms with Crippen molar-refractivity contribution in [2.75, 3.05) is 6.67 Å². The molecule has 0 aliphatic carbocycles. The van der Waals surface area contributed by atoms with Crippen molar-refractivity contribution in [1.82, 2.24) is 4.57 Å². The maximum Gasteiger partial charge on any atom is 0.417 e. The summed E-state index contributed by atoms with van der Waals surface area (Å²) in [6, 6.07) is 10.4. The summed E-state index contributed by atoms with van der Waals surface area (Å²) in [6.07, 6.45) is -2.73. The van der Waals surface area contributed by atoms with Crippen molar-refractivity contribution in [3.05, 3.63) is 59.8 Å². The summed E-state index contributed by atoms with van der Waals surface area (Å²) >= 11 is -1.65. The third kappa shape index (κ3) is 5.84. The lowest BCUT2D eigenvalue weighted by Crippen LogP contribution is -2.27. The number of rotatable bonds is 5. The van der Waals surface area contributed by atoms with Crippen molar-refractivity contribution in [3.63, 3.8) is 0 Å². The largest absolute Gasteiger partial charge is 0.591 e. The predicted molar refractivity (Wildman–Crippen MR) is 132 cm³/mol. The lowest BCUT2D eigenvalue weighted by molar-refractivity contribution is -0.137. The Balaban J connectivity index is 2.25.